The van der Waals surface area contributed by atoms with Gasteiger partial charge in [0.2, 0.25) is 0 Å². The summed E-state index contributed by atoms with van der Waals surface area (Å²) in [6, 6.07) is -1.15. The highest BCUT2D eigenvalue weighted by Gasteiger charge is 2.50. The van der Waals surface area contributed by atoms with Crippen molar-refractivity contribution in [2.24, 2.45) is 5.41 Å². The molecule has 182 valence electrons. The molecular formula is C22H25ClF2N6O3. The van der Waals surface area contributed by atoms with Gasteiger partial charge in [-0.2, -0.15) is 5.10 Å². The molecule has 0 radical (unpaired) electrons. The average molecular weight is 495 g/mol. The van der Waals surface area contributed by atoms with Crippen LogP contribution in [0.1, 0.15) is 43.1 Å². The SMILES string of the molecule is CC1([C@H]2C[C@H](F)CN2C(=O)c2[nH]nc3ncnc(N[C@@H]4CC[C@@H](O)[C@H]4O)c23)CC(F)=CC=C1Cl. The second-order valence-electron chi connectivity index (χ2n) is 9.43. The summed E-state index contributed by atoms with van der Waals surface area (Å²) in [7, 11) is 0. The van der Waals surface area contributed by atoms with Gasteiger partial charge in [0.1, 0.15) is 29.8 Å². The highest BCUT2D eigenvalue weighted by atomic mass is 35.5. The summed E-state index contributed by atoms with van der Waals surface area (Å²) in [4.78, 5) is 23.4. The molecule has 2 aromatic rings. The number of hydrogen-bond acceptors (Lipinski definition) is 7. The third-order valence-corrected chi connectivity index (χ3v) is 7.76. The van der Waals surface area contributed by atoms with Gasteiger partial charge in [-0.3, -0.25) is 9.89 Å². The van der Waals surface area contributed by atoms with E-state index in [4.69, 9.17) is 11.6 Å². The minimum Gasteiger partial charge on any atom is -0.390 e. The van der Waals surface area contributed by atoms with E-state index in [2.05, 4.69) is 25.5 Å². The molecule has 9 nitrogen and oxygen atoms in total. The molecule has 2 fully saturated rings. The predicted octanol–water partition coefficient (Wildman–Crippen LogP) is 2.59. The normalized spacial score (nSPS) is 33.8. The Hall–Kier alpha value is -2.63. The van der Waals surface area contributed by atoms with Crippen molar-refractivity contribution < 1.29 is 23.8 Å². The van der Waals surface area contributed by atoms with Crippen molar-refractivity contribution in [1.82, 2.24) is 25.1 Å². The number of aromatic amines is 1. The Morgan fingerprint density at radius 1 is 1.32 bits per heavy atom. The van der Waals surface area contributed by atoms with Crippen LogP contribution in [0.2, 0.25) is 0 Å². The molecule has 34 heavy (non-hydrogen) atoms. The summed E-state index contributed by atoms with van der Waals surface area (Å²) in [5, 5.41) is 30.6. The number of aliphatic hydroxyl groups is 2. The maximum Gasteiger partial charge on any atom is 0.273 e. The minimum absolute atomic E-state index is 0.0272. The Morgan fingerprint density at radius 2 is 2.12 bits per heavy atom. The smallest absolute Gasteiger partial charge is 0.273 e. The van der Waals surface area contributed by atoms with E-state index >= 15 is 0 Å². The number of amides is 1. The number of aromatic nitrogens is 4. The van der Waals surface area contributed by atoms with Crippen LogP contribution >= 0.6 is 11.6 Å². The molecule has 0 aromatic carbocycles. The molecule has 12 heteroatoms. The molecule has 4 N–H and O–H groups in total. The number of alkyl halides is 1. The van der Waals surface area contributed by atoms with E-state index in [0.29, 0.717) is 23.3 Å². The average Bonchev–Trinajstić information content (AvgIpc) is 3.50. The summed E-state index contributed by atoms with van der Waals surface area (Å²) < 4.78 is 28.8. The van der Waals surface area contributed by atoms with E-state index in [9.17, 15) is 23.8 Å². The molecule has 0 spiro atoms. The summed E-state index contributed by atoms with van der Waals surface area (Å²) in [6.45, 7) is 1.56. The van der Waals surface area contributed by atoms with Crippen LogP contribution in [-0.2, 0) is 0 Å². The third kappa shape index (κ3) is 3.75. The number of aliphatic hydroxyl groups excluding tert-OH is 2. The van der Waals surface area contributed by atoms with Crippen molar-refractivity contribution >= 4 is 34.4 Å². The van der Waals surface area contributed by atoms with Gasteiger partial charge in [-0.1, -0.05) is 18.5 Å². The number of carbonyl (C=O) groups excluding carboxylic acids is 1. The monoisotopic (exact) mass is 494 g/mol. The number of halogens is 3. The number of allylic oxidation sites excluding steroid dienone is 3. The van der Waals surface area contributed by atoms with E-state index in [1.165, 1.54) is 23.4 Å². The second-order valence-corrected chi connectivity index (χ2v) is 9.84. The van der Waals surface area contributed by atoms with Crippen molar-refractivity contribution in [1.29, 1.82) is 0 Å². The lowest BCUT2D eigenvalue weighted by Gasteiger charge is -2.41. The third-order valence-electron chi connectivity index (χ3n) is 7.21. The van der Waals surface area contributed by atoms with Crippen LogP contribution in [0.3, 0.4) is 0 Å². The maximum atomic E-state index is 14.6. The fourth-order valence-corrected chi connectivity index (χ4v) is 5.55. The van der Waals surface area contributed by atoms with Gasteiger partial charge < -0.3 is 20.4 Å². The largest absolute Gasteiger partial charge is 0.390 e. The van der Waals surface area contributed by atoms with Gasteiger partial charge in [0, 0.05) is 29.3 Å². The molecule has 1 saturated heterocycles. The highest BCUT2D eigenvalue weighted by molar-refractivity contribution is 6.30. The number of H-pyrrole nitrogens is 1. The molecule has 2 aliphatic carbocycles. The van der Waals surface area contributed by atoms with Crippen molar-refractivity contribution in [3.05, 3.63) is 35.0 Å². The lowest BCUT2D eigenvalue weighted by atomic mass is 9.75. The van der Waals surface area contributed by atoms with Crippen LogP contribution in [0.25, 0.3) is 11.0 Å². The standard InChI is InChI=1S/C22H25ClF2N6O3/c1-22(7-10(24)2-5-14(22)23)15-6-11(25)8-31(15)21(34)17-16-19(26-9-27-20(16)30-29-17)28-12-3-4-13(32)18(12)33/h2,5,9,11-13,15,18,32-33H,3-4,6-8H2,1H3,(H2,26,27,28,29,30)/t11-,12+,13+,15+,18-,22?/m0/s1. The molecule has 1 amide bonds. The zero-order valence-corrected chi connectivity index (χ0v) is 19.1. The van der Waals surface area contributed by atoms with Crippen LogP contribution in [0, 0.1) is 5.41 Å². The van der Waals surface area contributed by atoms with E-state index in [-0.39, 0.29) is 42.4 Å². The lowest BCUT2D eigenvalue weighted by molar-refractivity contribution is 0.0392. The first-order valence-electron chi connectivity index (χ1n) is 11.2. The lowest BCUT2D eigenvalue weighted by Crippen LogP contribution is -2.46. The molecule has 3 aliphatic rings. The van der Waals surface area contributed by atoms with E-state index < -0.39 is 41.8 Å². The molecule has 3 heterocycles. The number of rotatable bonds is 4. The molecule has 5 rings (SSSR count). The van der Waals surface area contributed by atoms with E-state index in [1.807, 2.05) is 0 Å². The van der Waals surface area contributed by atoms with Crippen LogP contribution in [0.5, 0.6) is 0 Å². The van der Waals surface area contributed by atoms with Crippen molar-refractivity contribution in [3.8, 4) is 0 Å². The van der Waals surface area contributed by atoms with Gasteiger partial charge in [-0.25, -0.2) is 18.7 Å². The summed E-state index contributed by atoms with van der Waals surface area (Å²) in [5.41, 5.74) is -0.702. The molecule has 1 unspecified atom stereocenters. The minimum atomic E-state index is -1.29. The number of nitrogens with zero attached hydrogens (tertiary/aromatic N) is 4. The molecule has 6 atom stereocenters. The Morgan fingerprint density at radius 3 is 2.85 bits per heavy atom. The zero-order chi connectivity index (χ0) is 24.2. The van der Waals surface area contributed by atoms with Gasteiger partial charge in [0.05, 0.1) is 30.2 Å². The fourth-order valence-electron chi connectivity index (χ4n) is 5.30. The highest BCUT2D eigenvalue weighted by Crippen LogP contribution is 2.48. The summed E-state index contributed by atoms with van der Waals surface area (Å²) in [6.07, 6.45) is 1.81. The Balaban J connectivity index is 1.49. The number of likely N-dealkylation sites (tertiary alicyclic amines) is 1. The molecule has 1 saturated carbocycles. The van der Waals surface area contributed by atoms with Crippen molar-refractivity contribution in [2.45, 2.75) is 63.1 Å². The summed E-state index contributed by atoms with van der Waals surface area (Å²) in [5.74, 6) is -0.646. The Bertz CT molecular complexity index is 1190. The summed E-state index contributed by atoms with van der Waals surface area (Å²) >= 11 is 6.45. The topological polar surface area (TPSA) is 127 Å². The molecule has 2 aromatic heterocycles. The Kier molecular flexibility index (Phi) is 5.81. The number of anilines is 1. The van der Waals surface area contributed by atoms with E-state index in [0.717, 1.165) is 0 Å². The van der Waals surface area contributed by atoms with Gasteiger partial charge in [-0.15, -0.1) is 0 Å². The molecule has 1 aliphatic heterocycles. The van der Waals surface area contributed by atoms with Gasteiger partial charge in [0.15, 0.2) is 5.65 Å². The first-order valence-corrected chi connectivity index (χ1v) is 11.6. The number of nitrogens with one attached hydrogen (secondary N) is 2. The zero-order valence-electron chi connectivity index (χ0n) is 18.4. The Labute approximate surface area is 198 Å². The second kappa shape index (κ2) is 8.54. The van der Waals surface area contributed by atoms with Crippen molar-refractivity contribution in [2.75, 3.05) is 11.9 Å². The van der Waals surface area contributed by atoms with Crippen LogP contribution in [0.4, 0.5) is 14.6 Å². The van der Waals surface area contributed by atoms with E-state index in [1.54, 1.807) is 6.92 Å². The maximum absolute atomic E-state index is 14.6. The van der Waals surface area contributed by atoms with Crippen LogP contribution < -0.4 is 5.32 Å². The fraction of sp³-hybridized carbons (Fsp3) is 0.545. The van der Waals surface area contributed by atoms with Crippen molar-refractivity contribution in [3.63, 3.8) is 0 Å². The van der Waals surface area contributed by atoms with Gasteiger partial charge in [0.25, 0.3) is 5.91 Å². The number of carbonyl (C=O) groups is 1. The number of hydrogen-bond donors (Lipinski definition) is 4. The van der Waals surface area contributed by atoms with Crippen LogP contribution in [0.15, 0.2) is 29.3 Å². The first-order chi connectivity index (χ1) is 16.2. The molecular weight excluding hydrogens is 470 g/mol. The number of fused-ring (bicyclic) bond motifs is 1. The van der Waals surface area contributed by atoms with Gasteiger partial charge >= 0.3 is 0 Å². The molecule has 0 bridgehead atoms. The van der Waals surface area contributed by atoms with Gasteiger partial charge in [-0.05, 0) is 25.0 Å². The van der Waals surface area contributed by atoms with Crippen LogP contribution in [-0.4, -0.2) is 78.2 Å². The first kappa shape index (κ1) is 23.1. The quantitative estimate of drug-likeness (QED) is 0.514. The predicted molar refractivity (Wildman–Crippen MR) is 121 cm³/mol.